The number of halogens is 3. The molecule has 1 aromatic heterocycles. The maximum atomic E-state index is 13.1. The molecule has 12 heteroatoms. The maximum absolute atomic E-state index is 13.1. The van der Waals surface area contributed by atoms with E-state index in [1.165, 1.54) is 32.1 Å². The largest absolute Gasteiger partial charge is 0.490 e. The van der Waals surface area contributed by atoms with Gasteiger partial charge in [-0.2, -0.15) is 13.2 Å². The number of pyridine rings is 1. The zero-order valence-corrected chi connectivity index (χ0v) is 25.1. The number of aliphatic carboxylic acids is 1. The van der Waals surface area contributed by atoms with Crippen LogP contribution in [0, 0.1) is 5.92 Å². The zero-order chi connectivity index (χ0) is 31.0. The van der Waals surface area contributed by atoms with E-state index < -0.39 is 12.1 Å². The number of alkyl halides is 3. The van der Waals surface area contributed by atoms with E-state index in [-0.39, 0.29) is 23.6 Å². The lowest BCUT2D eigenvalue weighted by Crippen LogP contribution is -2.56. The number of carbonyl (C=O) groups is 3. The van der Waals surface area contributed by atoms with Crippen molar-refractivity contribution in [1.29, 1.82) is 0 Å². The number of rotatable bonds is 7. The van der Waals surface area contributed by atoms with Crippen molar-refractivity contribution in [3.63, 3.8) is 0 Å². The number of piperidine rings is 2. The molecule has 9 nitrogen and oxygen atoms in total. The summed E-state index contributed by atoms with van der Waals surface area (Å²) in [6.45, 7) is 6.68. The van der Waals surface area contributed by atoms with Crippen molar-refractivity contribution in [2.75, 3.05) is 32.7 Å². The van der Waals surface area contributed by atoms with Crippen molar-refractivity contribution < 1.29 is 37.4 Å². The number of carboxylic acids is 1. The Balaban J connectivity index is 0.000000541. The van der Waals surface area contributed by atoms with Gasteiger partial charge in [-0.1, -0.05) is 39.0 Å². The molecule has 3 saturated heterocycles. The van der Waals surface area contributed by atoms with Crippen LogP contribution in [0.1, 0.15) is 94.3 Å². The fourth-order valence-electron chi connectivity index (χ4n) is 7.19. The molecule has 0 radical (unpaired) electrons. The van der Waals surface area contributed by atoms with Crippen molar-refractivity contribution in [1.82, 2.24) is 19.7 Å². The first kappa shape index (κ1) is 33.0. The third-order valence-electron chi connectivity index (χ3n) is 9.58. The average molecular weight is 611 g/mol. The number of hydrogen-bond acceptors (Lipinski definition) is 6. The molecule has 0 bridgehead atoms. The number of ether oxygens (including phenoxy) is 1. The predicted octanol–water partition coefficient (Wildman–Crippen LogP) is 5.75. The summed E-state index contributed by atoms with van der Waals surface area (Å²) in [5, 5.41) is 7.12. The number of amides is 2. The Hall–Kier alpha value is -2.89. The molecule has 2 amide bonds. The quantitative estimate of drug-likeness (QED) is 0.420. The molecule has 1 N–H and O–H groups in total. The molecule has 240 valence electrons. The molecule has 5 rings (SSSR count). The van der Waals surface area contributed by atoms with Gasteiger partial charge in [-0.05, 0) is 50.2 Å². The third-order valence-corrected chi connectivity index (χ3v) is 9.58. The number of carbonyl (C=O) groups excluding carboxylic acids is 2. The van der Waals surface area contributed by atoms with E-state index in [1.807, 2.05) is 17.0 Å². The summed E-state index contributed by atoms with van der Waals surface area (Å²) in [5.74, 6) is -2.02. The van der Waals surface area contributed by atoms with Crippen LogP contribution in [0.4, 0.5) is 18.0 Å². The van der Waals surface area contributed by atoms with Gasteiger partial charge in [0.15, 0.2) is 0 Å². The van der Waals surface area contributed by atoms with Crippen molar-refractivity contribution >= 4 is 18.0 Å². The van der Waals surface area contributed by atoms with Crippen LogP contribution in [0.25, 0.3) is 0 Å². The van der Waals surface area contributed by atoms with Crippen LogP contribution in [0.15, 0.2) is 24.5 Å². The monoisotopic (exact) mass is 610 g/mol. The van der Waals surface area contributed by atoms with Crippen LogP contribution < -0.4 is 0 Å². The highest BCUT2D eigenvalue weighted by molar-refractivity contribution is 5.93. The van der Waals surface area contributed by atoms with Gasteiger partial charge in [0.2, 0.25) is 0 Å². The highest BCUT2D eigenvalue weighted by Gasteiger charge is 2.55. The maximum Gasteiger partial charge on any atom is 0.490 e. The van der Waals surface area contributed by atoms with Gasteiger partial charge >= 0.3 is 18.2 Å². The average Bonchev–Trinajstić information content (AvgIpc) is 3.25. The molecule has 1 atom stereocenters. The number of hydrogen-bond donors (Lipinski definition) is 1. The summed E-state index contributed by atoms with van der Waals surface area (Å²) in [6.07, 6.45) is 11.9. The number of carboxylic acid groups (broad SMARTS) is 1. The van der Waals surface area contributed by atoms with E-state index in [1.54, 1.807) is 12.4 Å². The fourth-order valence-corrected chi connectivity index (χ4v) is 7.19. The summed E-state index contributed by atoms with van der Waals surface area (Å²) in [6, 6.07) is 4.41. The molecule has 4 aliphatic rings. The number of likely N-dealkylation sites (tertiary alicyclic amines) is 2. The zero-order valence-electron chi connectivity index (χ0n) is 25.1. The number of unbranched alkanes of at least 4 members (excludes halogenated alkanes) is 1. The second kappa shape index (κ2) is 14.7. The lowest BCUT2D eigenvalue weighted by Gasteiger charge is -2.46. The van der Waals surface area contributed by atoms with Gasteiger partial charge < -0.3 is 19.6 Å². The molecule has 4 fully saturated rings. The molecule has 1 unspecified atom stereocenters. The first-order valence-electron chi connectivity index (χ1n) is 15.8. The Morgan fingerprint density at radius 3 is 2.28 bits per heavy atom. The van der Waals surface area contributed by atoms with Crippen LogP contribution >= 0.6 is 0 Å². The Bertz CT molecular complexity index is 1070. The van der Waals surface area contributed by atoms with Gasteiger partial charge in [0, 0.05) is 64.0 Å². The first-order chi connectivity index (χ1) is 20.5. The standard InChI is InChI=1S/C29H44N4O3.C2HF3O2/c1-2-3-11-26-29(36-28(35)33(26)22-23-8-5-4-6-9-23)14-19-31(20-15-29)25-12-17-32(18-13-25)27(34)24-10-7-16-30-21-24;3-2(4,5)1(6)7/h7,10,16,21,23,25-26H,2-6,8-9,11-15,17-20,22H2,1H3;(H,6,7). The lowest BCUT2D eigenvalue weighted by atomic mass is 9.80. The Morgan fingerprint density at radius 1 is 1.07 bits per heavy atom. The molecule has 0 aromatic carbocycles. The summed E-state index contributed by atoms with van der Waals surface area (Å²) in [4.78, 5) is 45.7. The highest BCUT2D eigenvalue weighted by Crippen LogP contribution is 2.43. The molecule has 1 aromatic rings. The third kappa shape index (κ3) is 8.39. The summed E-state index contributed by atoms with van der Waals surface area (Å²) in [7, 11) is 0. The van der Waals surface area contributed by atoms with Gasteiger partial charge in [-0.15, -0.1) is 0 Å². The summed E-state index contributed by atoms with van der Waals surface area (Å²) < 4.78 is 38.0. The van der Waals surface area contributed by atoms with Crippen LogP contribution in [0.2, 0.25) is 0 Å². The smallest absolute Gasteiger partial charge is 0.475 e. The van der Waals surface area contributed by atoms with Crippen molar-refractivity contribution in [2.24, 2.45) is 5.92 Å². The van der Waals surface area contributed by atoms with E-state index in [0.717, 1.165) is 77.7 Å². The van der Waals surface area contributed by atoms with Crippen molar-refractivity contribution in [3.8, 4) is 0 Å². The molecule has 1 spiro atoms. The molecule has 1 saturated carbocycles. The number of aromatic nitrogens is 1. The molecular weight excluding hydrogens is 565 g/mol. The molecule has 1 aliphatic carbocycles. The van der Waals surface area contributed by atoms with E-state index in [0.29, 0.717) is 17.5 Å². The first-order valence-corrected chi connectivity index (χ1v) is 15.8. The van der Waals surface area contributed by atoms with Gasteiger partial charge in [0.25, 0.3) is 5.91 Å². The van der Waals surface area contributed by atoms with Crippen LogP contribution in [-0.4, -0.2) is 99.3 Å². The van der Waals surface area contributed by atoms with Gasteiger partial charge in [-0.25, -0.2) is 9.59 Å². The van der Waals surface area contributed by atoms with E-state index >= 15 is 0 Å². The summed E-state index contributed by atoms with van der Waals surface area (Å²) >= 11 is 0. The second-order valence-corrected chi connectivity index (χ2v) is 12.4. The van der Waals surface area contributed by atoms with Gasteiger partial charge in [0.1, 0.15) is 5.60 Å². The normalized spacial score (nSPS) is 23.5. The number of nitrogens with zero attached hydrogens (tertiary/aromatic N) is 4. The molecular formula is C31H45F3N4O5. The molecule has 43 heavy (non-hydrogen) atoms. The second-order valence-electron chi connectivity index (χ2n) is 12.4. The Labute approximate surface area is 251 Å². The van der Waals surface area contributed by atoms with E-state index in [9.17, 15) is 22.8 Å². The van der Waals surface area contributed by atoms with Gasteiger partial charge in [0.05, 0.1) is 11.6 Å². The van der Waals surface area contributed by atoms with Gasteiger partial charge in [-0.3, -0.25) is 14.7 Å². The SMILES string of the molecule is CCCCC1N(CC2CCCCC2)C(=O)OC12CCN(C1CCN(C(=O)c3cccnc3)CC1)CC2.O=C(O)C(F)(F)F. The lowest BCUT2D eigenvalue weighted by molar-refractivity contribution is -0.192. The van der Waals surface area contributed by atoms with E-state index in [2.05, 4.69) is 21.7 Å². The topological polar surface area (TPSA) is 103 Å². The Morgan fingerprint density at radius 2 is 1.72 bits per heavy atom. The predicted molar refractivity (Wildman–Crippen MR) is 153 cm³/mol. The molecule has 3 aliphatic heterocycles. The van der Waals surface area contributed by atoms with Crippen LogP contribution in [-0.2, 0) is 9.53 Å². The minimum atomic E-state index is -5.08. The minimum Gasteiger partial charge on any atom is -0.475 e. The van der Waals surface area contributed by atoms with Crippen LogP contribution in [0.5, 0.6) is 0 Å². The van der Waals surface area contributed by atoms with E-state index in [4.69, 9.17) is 14.6 Å². The minimum absolute atomic E-state index is 0.0580. The summed E-state index contributed by atoms with van der Waals surface area (Å²) in [5.41, 5.74) is 0.365. The molecule has 4 heterocycles. The van der Waals surface area contributed by atoms with Crippen molar-refractivity contribution in [3.05, 3.63) is 30.1 Å². The Kier molecular flexibility index (Phi) is 11.3. The fraction of sp³-hybridized carbons (Fsp3) is 0.742. The van der Waals surface area contributed by atoms with Crippen LogP contribution in [0.3, 0.4) is 0 Å². The highest BCUT2D eigenvalue weighted by atomic mass is 19.4. The van der Waals surface area contributed by atoms with Crippen molar-refractivity contribution in [2.45, 2.75) is 108 Å².